The van der Waals surface area contributed by atoms with Crippen molar-refractivity contribution in [3.05, 3.63) is 24.0 Å². The summed E-state index contributed by atoms with van der Waals surface area (Å²) in [7, 11) is 1.56. The number of hydrogen-bond donors (Lipinski definition) is 2. The van der Waals surface area contributed by atoms with Gasteiger partial charge in [0.15, 0.2) is 0 Å². The Kier molecular flexibility index (Phi) is 6.29. The first-order valence-electron chi connectivity index (χ1n) is 5.80. The number of amides is 1. The Balaban J connectivity index is 2.75. The topological polar surface area (TPSA) is 104 Å². The van der Waals surface area contributed by atoms with Gasteiger partial charge in [0.2, 0.25) is 0 Å². The van der Waals surface area contributed by atoms with Gasteiger partial charge in [-0.1, -0.05) is 0 Å². The van der Waals surface area contributed by atoms with Crippen molar-refractivity contribution in [2.45, 2.75) is 6.42 Å². The van der Waals surface area contributed by atoms with Gasteiger partial charge in [0.1, 0.15) is 5.69 Å². The number of nitrogens with one attached hydrogen (secondary N) is 1. The van der Waals surface area contributed by atoms with E-state index in [1.165, 1.54) is 6.20 Å². The number of anilines is 1. The standard InChI is InChI=1S/C12H17N5O2/c1-19-8-7-17(6-2-5-13)12(18)11-4-3-10(16-14)9-15-11/h3-4,9,16H,2,6-8,14H2,1H3. The highest BCUT2D eigenvalue weighted by Gasteiger charge is 2.16. The van der Waals surface area contributed by atoms with Crippen molar-refractivity contribution in [1.82, 2.24) is 9.88 Å². The molecule has 0 bridgehead atoms. The summed E-state index contributed by atoms with van der Waals surface area (Å²) in [6.07, 6.45) is 1.75. The normalized spacial score (nSPS) is 9.74. The number of pyridine rings is 1. The average molecular weight is 263 g/mol. The van der Waals surface area contributed by atoms with Crippen LogP contribution >= 0.6 is 0 Å². The Morgan fingerprint density at radius 2 is 2.37 bits per heavy atom. The second-order valence-electron chi connectivity index (χ2n) is 3.77. The van der Waals surface area contributed by atoms with E-state index in [9.17, 15) is 4.79 Å². The van der Waals surface area contributed by atoms with Crippen LogP contribution in [0, 0.1) is 11.3 Å². The smallest absolute Gasteiger partial charge is 0.272 e. The molecule has 3 N–H and O–H groups in total. The highest BCUT2D eigenvalue weighted by Crippen LogP contribution is 2.07. The summed E-state index contributed by atoms with van der Waals surface area (Å²) in [5, 5.41) is 8.60. The minimum absolute atomic E-state index is 0.226. The minimum atomic E-state index is -0.226. The first-order valence-corrected chi connectivity index (χ1v) is 5.80. The number of carbonyl (C=O) groups excluding carboxylic acids is 1. The zero-order valence-corrected chi connectivity index (χ0v) is 10.8. The number of hydrogen-bond acceptors (Lipinski definition) is 6. The molecule has 0 aromatic carbocycles. The fraction of sp³-hybridized carbons (Fsp3) is 0.417. The summed E-state index contributed by atoms with van der Waals surface area (Å²) >= 11 is 0. The number of ether oxygens (including phenoxy) is 1. The molecular weight excluding hydrogens is 246 g/mol. The van der Waals surface area contributed by atoms with Crippen LogP contribution in [0.15, 0.2) is 18.3 Å². The lowest BCUT2D eigenvalue weighted by Crippen LogP contribution is -2.35. The molecule has 7 nitrogen and oxygen atoms in total. The van der Waals surface area contributed by atoms with E-state index in [-0.39, 0.29) is 12.3 Å². The fourth-order valence-electron chi connectivity index (χ4n) is 1.47. The van der Waals surface area contributed by atoms with E-state index in [2.05, 4.69) is 10.4 Å². The molecule has 0 atom stereocenters. The summed E-state index contributed by atoms with van der Waals surface area (Å²) < 4.78 is 4.95. The molecule has 0 aliphatic rings. The maximum atomic E-state index is 12.2. The molecule has 19 heavy (non-hydrogen) atoms. The van der Waals surface area contributed by atoms with E-state index in [0.717, 1.165) is 0 Å². The second kappa shape index (κ2) is 8.02. The molecule has 1 aromatic heterocycles. The van der Waals surface area contributed by atoms with Gasteiger partial charge in [0.25, 0.3) is 5.91 Å². The number of rotatable bonds is 7. The van der Waals surface area contributed by atoms with Crippen LogP contribution in [0.2, 0.25) is 0 Å². The number of nitrogens with two attached hydrogens (primary N) is 1. The lowest BCUT2D eigenvalue weighted by molar-refractivity contribution is 0.0694. The van der Waals surface area contributed by atoms with Gasteiger partial charge in [-0.15, -0.1) is 0 Å². The molecule has 0 radical (unpaired) electrons. The van der Waals surface area contributed by atoms with Crippen LogP contribution in [-0.2, 0) is 4.74 Å². The number of methoxy groups -OCH3 is 1. The number of nitriles is 1. The van der Waals surface area contributed by atoms with Gasteiger partial charge in [0, 0.05) is 20.2 Å². The number of carbonyl (C=O) groups is 1. The number of aromatic nitrogens is 1. The van der Waals surface area contributed by atoms with Gasteiger partial charge < -0.3 is 15.1 Å². The van der Waals surface area contributed by atoms with E-state index < -0.39 is 0 Å². The lowest BCUT2D eigenvalue weighted by atomic mass is 10.3. The van der Waals surface area contributed by atoms with Crippen LogP contribution in [0.1, 0.15) is 16.9 Å². The monoisotopic (exact) mass is 263 g/mol. The van der Waals surface area contributed by atoms with E-state index in [1.807, 2.05) is 6.07 Å². The lowest BCUT2D eigenvalue weighted by Gasteiger charge is -2.20. The van der Waals surface area contributed by atoms with Gasteiger partial charge in [0.05, 0.1) is 31.0 Å². The Bertz CT molecular complexity index is 440. The van der Waals surface area contributed by atoms with Crippen molar-refractivity contribution in [2.75, 3.05) is 32.2 Å². The Morgan fingerprint density at radius 3 is 2.89 bits per heavy atom. The van der Waals surface area contributed by atoms with Crippen molar-refractivity contribution in [3.8, 4) is 6.07 Å². The number of nitrogens with zero attached hydrogens (tertiary/aromatic N) is 3. The van der Waals surface area contributed by atoms with Crippen LogP contribution < -0.4 is 11.3 Å². The van der Waals surface area contributed by atoms with E-state index in [0.29, 0.717) is 31.1 Å². The molecule has 1 aromatic rings. The Hall–Kier alpha value is -2.17. The molecule has 102 valence electrons. The molecule has 0 unspecified atom stereocenters. The van der Waals surface area contributed by atoms with Crippen molar-refractivity contribution < 1.29 is 9.53 Å². The average Bonchev–Trinajstić information content (AvgIpc) is 2.47. The summed E-state index contributed by atoms with van der Waals surface area (Å²) in [6, 6.07) is 5.27. The minimum Gasteiger partial charge on any atom is -0.383 e. The van der Waals surface area contributed by atoms with Gasteiger partial charge in [-0.2, -0.15) is 5.26 Å². The molecule has 0 fully saturated rings. The maximum absolute atomic E-state index is 12.2. The van der Waals surface area contributed by atoms with Gasteiger partial charge in [-0.25, -0.2) is 4.98 Å². The van der Waals surface area contributed by atoms with Gasteiger partial charge in [-0.05, 0) is 12.1 Å². The summed E-state index contributed by atoms with van der Waals surface area (Å²) in [4.78, 5) is 17.8. The highest BCUT2D eigenvalue weighted by molar-refractivity contribution is 5.92. The Morgan fingerprint density at radius 1 is 1.58 bits per heavy atom. The van der Waals surface area contributed by atoms with Crippen LogP contribution in [0.4, 0.5) is 5.69 Å². The third-order valence-corrected chi connectivity index (χ3v) is 2.50. The number of nitrogen functional groups attached to an aromatic ring is 1. The second-order valence-corrected chi connectivity index (χ2v) is 3.77. The van der Waals surface area contributed by atoms with E-state index in [1.54, 1.807) is 24.1 Å². The molecule has 7 heteroatoms. The zero-order valence-electron chi connectivity index (χ0n) is 10.8. The van der Waals surface area contributed by atoms with Gasteiger partial charge in [-0.3, -0.25) is 10.6 Å². The predicted molar refractivity (Wildman–Crippen MR) is 70.1 cm³/mol. The molecule has 0 saturated carbocycles. The third kappa shape index (κ3) is 4.54. The highest BCUT2D eigenvalue weighted by atomic mass is 16.5. The van der Waals surface area contributed by atoms with Crippen molar-refractivity contribution in [2.24, 2.45) is 5.84 Å². The van der Waals surface area contributed by atoms with E-state index >= 15 is 0 Å². The Labute approximate surface area is 111 Å². The first-order chi connectivity index (χ1) is 9.22. The molecular formula is C12H17N5O2. The molecule has 0 aliphatic carbocycles. The summed E-state index contributed by atoms with van der Waals surface area (Å²) in [5.41, 5.74) is 3.38. The summed E-state index contributed by atoms with van der Waals surface area (Å²) in [5.74, 6) is 5.00. The molecule has 1 amide bonds. The number of hydrazine groups is 1. The molecule has 1 rings (SSSR count). The largest absolute Gasteiger partial charge is 0.383 e. The van der Waals surface area contributed by atoms with Crippen molar-refractivity contribution in [1.29, 1.82) is 5.26 Å². The maximum Gasteiger partial charge on any atom is 0.272 e. The van der Waals surface area contributed by atoms with E-state index in [4.69, 9.17) is 15.8 Å². The third-order valence-electron chi connectivity index (χ3n) is 2.50. The quantitative estimate of drug-likeness (QED) is 0.544. The van der Waals surface area contributed by atoms with Crippen molar-refractivity contribution in [3.63, 3.8) is 0 Å². The zero-order chi connectivity index (χ0) is 14.1. The van der Waals surface area contributed by atoms with Crippen LogP contribution in [0.25, 0.3) is 0 Å². The van der Waals surface area contributed by atoms with Crippen LogP contribution in [0.3, 0.4) is 0 Å². The SMILES string of the molecule is COCCN(CCC#N)C(=O)c1ccc(NN)cn1. The van der Waals surface area contributed by atoms with Crippen LogP contribution in [0.5, 0.6) is 0 Å². The van der Waals surface area contributed by atoms with Crippen molar-refractivity contribution >= 4 is 11.6 Å². The molecule has 0 spiro atoms. The molecule has 0 saturated heterocycles. The molecule has 0 aliphatic heterocycles. The van der Waals surface area contributed by atoms with Crippen LogP contribution in [-0.4, -0.2) is 42.6 Å². The first kappa shape index (κ1) is 14.9. The summed E-state index contributed by atoms with van der Waals surface area (Å²) in [6.45, 7) is 1.20. The predicted octanol–water partition coefficient (Wildman–Crippen LogP) is 0.369. The van der Waals surface area contributed by atoms with Gasteiger partial charge >= 0.3 is 0 Å². The fourth-order valence-corrected chi connectivity index (χ4v) is 1.47. The molecule has 1 heterocycles.